The summed E-state index contributed by atoms with van der Waals surface area (Å²) in [7, 11) is 0. The molecule has 3 nitrogen and oxygen atoms in total. The number of aryl methyl sites for hydroxylation is 3. The van der Waals surface area contributed by atoms with Crippen molar-refractivity contribution < 1.29 is 0 Å². The molecule has 1 aromatic carbocycles. The lowest BCUT2D eigenvalue weighted by Gasteiger charge is -2.17. The molecule has 102 valence electrons. The summed E-state index contributed by atoms with van der Waals surface area (Å²) in [5.41, 5.74) is 12.5. The van der Waals surface area contributed by atoms with Crippen molar-refractivity contribution in [2.45, 2.75) is 46.6 Å². The van der Waals surface area contributed by atoms with Gasteiger partial charge in [-0.05, 0) is 60.5 Å². The molecule has 1 unspecified atom stereocenters. The van der Waals surface area contributed by atoms with Crippen LogP contribution in [-0.2, 0) is 0 Å². The van der Waals surface area contributed by atoms with Crippen molar-refractivity contribution >= 4 is 11.5 Å². The Labute approximate surface area is 119 Å². The highest BCUT2D eigenvalue weighted by atomic mass is 32.1. The summed E-state index contributed by atoms with van der Waals surface area (Å²) < 4.78 is 4.07. The van der Waals surface area contributed by atoms with Gasteiger partial charge in [0.15, 0.2) is 0 Å². The van der Waals surface area contributed by atoms with E-state index in [4.69, 9.17) is 5.73 Å². The highest BCUT2D eigenvalue weighted by Gasteiger charge is 2.21. The van der Waals surface area contributed by atoms with Crippen LogP contribution in [0, 0.1) is 20.8 Å². The molecule has 4 heteroatoms. The lowest BCUT2D eigenvalue weighted by molar-refractivity contribution is 0.768. The van der Waals surface area contributed by atoms with E-state index in [0.29, 0.717) is 5.92 Å². The molecule has 0 fully saturated rings. The maximum absolute atomic E-state index is 6.45. The quantitative estimate of drug-likeness (QED) is 0.930. The topological polar surface area (TPSA) is 51.8 Å². The fraction of sp³-hybridized carbons (Fsp3) is 0.467. The van der Waals surface area contributed by atoms with Crippen molar-refractivity contribution in [3.63, 3.8) is 0 Å². The van der Waals surface area contributed by atoms with Crippen molar-refractivity contribution in [2.24, 2.45) is 5.73 Å². The molecular weight excluding hydrogens is 254 g/mol. The predicted molar refractivity (Wildman–Crippen MR) is 80.7 cm³/mol. The van der Waals surface area contributed by atoms with Gasteiger partial charge in [-0.2, -0.15) is 0 Å². The standard InChI is InChI=1S/C15H21N3S/c1-8(2)14-15(19-18-17-14)13(16)12-7-10(4)9(3)6-11(12)5/h6-8,13H,16H2,1-5H3. The van der Waals surface area contributed by atoms with Crippen molar-refractivity contribution in [1.82, 2.24) is 9.59 Å². The molecule has 0 bridgehead atoms. The van der Waals surface area contributed by atoms with Crippen LogP contribution in [0.3, 0.4) is 0 Å². The largest absolute Gasteiger partial charge is 0.319 e. The number of benzene rings is 1. The van der Waals surface area contributed by atoms with Gasteiger partial charge >= 0.3 is 0 Å². The average Bonchev–Trinajstić information content (AvgIpc) is 2.82. The second kappa shape index (κ2) is 5.39. The number of aromatic nitrogens is 2. The Morgan fingerprint density at radius 3 is 2.32 bits per heavy atom. The first kappa shape index (κ1) is 14.2. The summed E-state index contributed by atoms with van der Waals surface area (Å²) in [5, 5.41) is 4.22. The molecule has 0 spiro atoms. The number of nitrogens with two attached hydrogens (primary N) is 1. The Morgan fingerprint density at radius 2 is 1.68 bits per heavy atom. The molecule has 2 aromatic rings. The molecule has 19 heavy (non-hydrogen) atoms. The van der Waals surface area contributed by atoms with Gasteiger partial charge in [-0.3, -0.25) is 0 Å². The summed E-state index contributed by atoms with van der Waals surface area (Å²) in [5.74, 6) is 0.353. The van der Waals surface area contributed by atoms with Crippen LogP contribution in [0.15, 0.2) is 12.1 Å². The van der Waals surface area contributed by atoms with Crippen LogP contribution < -0.4 is 5.73 Å². The van der Waals surface area contributed by atoms with Gasteiger partial charge in [0.1, 0.15) is 0 Å². The minimum atomic E-state index is -0.128. The molecule has 2 rings (SSSR count). The Hall–Kier alpha value is -1.26. The van der Waals surface area contributed by atoms with E-state index >= 15 is 0 Å². The van der Waals surface area contributed by atoms with Gasteiger partial charge in [0.25, 0.3) is 0 Å². The molecule has 1 atom stereocenters. The fourth-order valence-electron chi connectivity index (χ4n) is 2.28. The highest BCUT2D eigenvalue weighted by Crippen LogP contribution is 2.31. The maximum Gasteiger partial charge on any atom is 0.0832 e. The second-order valence-electron chi connectivity index (χ2n) is 5.45. The first-order valence-corrected chi connectivity index (χ1v) is 7.34. The van der Waals surface area contributed by atoms with E-state index in [2.05, 4.69) is 56.3 Å². The lowest BCUT2D eigenvalue weighted by Crippen LogP contribution is -2.14. The average molecular weight is 275 g/mol. The Morgan fingerprint density at radius 1 is 1.05 bits per heavy atom. The van der Waals surface area contributed by atoms with Crippen LogP contribution >= 0.6 is 11.5 Å². The number of hydrogen-bond donors (Lipinski definition) is 1. The van der Waals surface area contributed by atoms with E-state index in [1.54, 1.807) is 0 Å². The van der Waals surface area contributed by atoms with Crippen LogP contribution in [-0.4, -0.2) is 9.59 Å². The zero-order valence-electron chi connectivity index (χ0n) is 12.2. The maximum atomic E-state index is 6.45. The van der Waals surface area contributed by atoms with Gasteiger partial charge in [-0.1, -0.05) is 30.5 Å². The van der Waals surface area contributed by atoms with Gasteiger partial charge in [0.05, 0.1) is 16.6 Å². The van der Waals surface area contributed by atoms with Gasteiger partial charge in [0.2, 0.25) is 0 Å². The van der Waals surface area contributed by atoms with Crippen LogP contribution in [0.1, 0.15) is 58.6 Å². The summed E-state index contributed by atoms with van der Waals surface area (Å²) in [6, 6.07) is 4.27. The van der Waals surface area contributed by atoms with Gasteiger partial charge in [-0.15, -0.1) is 5.10 Å². The van der Waals surface area contributed by atoms with Gasteiger partial charge in [0, 0.05) is 0 Å². The molecule has 1 heterocycles. The van der Waals surface area contributed by atoms with Gasteiger partial charge < -0.3 is 5.73 Å². The monoisotopic (exact) mass is 275 g/mol. The summed E-state index contributed by atoms with van der Waals surface area (Å²) in [6.45, 7) is 10.6. The minimum absolute atomic E-state index is 0.128. The normalized spacial score (nSPS) is 13.0. The molecule has 0 amide bonds. The van der Waals surface area contributed by atoms with Crippen LogP contribution in [0.2, 0.25) is 0 Å². The summed E-state index contributed by atoms with van der Waals surface area (Å²) in [6.07, 6.45) is 0. The molecule has 0 aliphatic rings. The summed E-state index contributed by atoms with van der Waals surface area (Å²) in [4.78, 5) is 1.08. The van der Waals surface area contributed by atoms with E-state index < -0.39 is 0 Å². The number of hydrogen-bond acceptors (Lipinski definition) is 4. The first-order chi connectivity index (χ1) is 8.91. The molecule has 2 N–H and O–H groups in total. The van der Waals surface area contributed by atoms with E-state index in [1.165, 1.54) is 33.8 Å². The highest BCUT2D eigenvalue weighted by molar-refractivity contribution is 7.05. The van der Waals surface area contributed by atoms with Crippen LogP contribution in [0.4, 0.5) is 0 Å². The second-order valence-corrected chi connectivity index (χ2v) is 6.23. The van der Waals surface area contributed by atoms with Crippen molar-refractivity contribution in [1.29, 1.82) is 0 Å². The molecular formula is C15H21N3S. The SMILES string of the molecule is Cc1cc(C)c(C(N)c2snnc2C(C)C)cc1C. The van der Waals surface area contributed by atoms with E-state index in [-0.39, 0.29) is 6.04 Å². The number of rotatable bonds is 3. The number of nitrogens with zero attached hydrogens (tertiary/aromatic N) is 2. The predicted octanol–water partition coefficient (Wildman–Crippen LogP) is 3.63. The molecule has 1 aromatic heterocycles. The minimum Gasteiger partial charge on any atom is -0.319 e. The molecule has 0 aliphatic carbocycles. The van der Waals surface area contributed by atoms with E-state index in [1.807, 2.05) is 0 Å². The third-order valence-corrected chi connectivity index (χ3v) is 4.41. The van der Waals surface area contributed by atoms with Crippen molar-refractivity contribution in [2.75, 3.05) is 0 Å². The smallest absolute Gasteiger partial charge is 0.0832 e. The zero-order valence-corrected chi connectivity index (χ0v) is 13.0. The Bertz CT molecular complexity index is 587. The van der Waals surface area contributed by atoms with Gasteiger partial charge in [-0.25, -0.2) is 0 Å². The molecule has 0 radical (unpaired) electrons. The lowest BCUT2D eigenvalue weighted by atomic mass is 9.94. The third-order valence-electron chi connectivity index (χ3n) is 3.59. The summed E-state index contributed by atoms with van der Waals surface area (Å²) >= 11 is 1.41. The van der Waals surface area contributed by atoms with Crippen LogP contribution in [0.25, 0.3) is 0 Å². The molecule has 0 aliphatic heterocycles. The molecule has 0 saturated heterocycles. The zero-order chi connectivity index (χ0) is 14.2. The van der Waals surface area contributed by atoms with Crippen molar-refractivity contribution in [3.05, 3.63) is 45.0 Å². The fourth-order valence-corrected chi connectivity index (χ4v) is 3.11. The molecule has 0 saturated carbocycles. The first-order valence-electron chi connectivity index (χ1n) is 6.57. The van der Waals surface area contributed by atoms with E-state index in [9.17, 15) is 0 Å². The van der Waals surface area contributed by atoms with Crippen LogP contribution in [0.5, 0.6) is 0 Å². The third kappa shape index (κ3) is 2.69. The van der Waals surface area contributed by atoms with E-state index in [0.717, 1.165) is 10.6 Å². The Kier molecular flexibility index (Phi) is 4.02. The van der Waals surface area contributed by atoms with Crippen molar-refractivity contribution in [3.8, 4) is 0 Å². The Balaban J connectivity index is 2.47.